The number of nitrogens with two attached hydrogens (primary N) is 2. The summed E-state index contributed by atoms with van der Waals surface area (Å²) in [5.74, 6) is 0.145. The zero-order valence-electron chi connectivity index (χ0n) is 7.98. The van der Waals surface area contributed by atoms with Gasteiger partial charge in [-0.3, -0.25) is 0 Å². The second-order valence-electron chi connectivity index (χ2n) is 2.72. The molecule has 0 aliphatic carbocycles. The van der Waals surface area contributed by atoms with E-state index in [1.54, 1.807) is 6.08 Å². The Balaban J connectivity index is 3.81. The van der Waals surface area contributed by atoms with Crippen LogP contribution in [0.1, 0.15) is 13.3 Å². The first-order valence-electron chi connectivity index (χ1n) is 4.33. The van der Waals surface area contributed by atoms with Crippen LogP contribution in [-0.4, -0.2) is 17.7 Å². The van der Waals surface area contributed by atoms with Crippen molar-refractivity contribution in [1.29, 1.82) is 0 Å². The van der Waals surface area contributed by atoms with E-state index in [2.05, 4.69) is 0 Å². The van der Waals surface area contributed by atoms with Crippen molar-refractivity contribution in [2.75, 3.05) is 6.54 Å². The van der Waals surface area contributed by atoms with Gasteiger partial charge in [0.2, 0.25) is 0 Å². The summed E-state index contributed by atoms with van der Waals surface area (Å²) < 4.78 is 0. The van der Waals surface area contributed by atoms with E-state index in [0.29, 0.717) is 6.42 Å². The molecule has 0 heterocycles. The molecule has 0 saturated carbocycles. The van der Waals surface area contributed by atoms with Gasteiger partial charge in [0.15, 0.2) is 0 Å². The highest BCUT2D eigenvalue weighted by Gasteiger charge is 1.96. The number of aliphatic hydroxyl groups is 1. The summed E-state index contributed by atoms with van der Waals surface area (Å²) in [4.78, 5) is 0. The van der Waals surface area contributed by atoms with E-state index in [4.69, 9.17) is 16.6 Å². The van der Waals surface area contributed by atoms with Crippen LogP contribution in [-0.2, 0) is 0 Å². The number of hydrogen-bond donors (Lipinski definition) is 3. The van der Waals surface area contributed by atoms with Gasteiger partial charge in [0, 0.05) is 6.04 Å². The fraction of sp³-hybridized carbons (Fsp3) is 0.400. The molecule has 1 atom stereocenters. The van der Waals surface area contributed by atoms with Gasteiger partial charge in [0.1, 0.15) is 5.76 Å². The molecule has 0 fully saturated rings. The average molecular weight is 182 g/mol. The predicted molar refractivity (Wildman–Crippen MR) is 56.3 cm³/mol. The molecule has 0 aromatic rings. The molecular weight excluding hydrogens is 164 g/mol. The summed E-state index contributed by atoms with van der Waals surface area (Å²) in [6.45, 7) is 2.09. The molecular formula is C10H18N2O. The van der Waals surface area contributed by atoms with Crippen LogP contribution < -0.4 is 11.5 Å². The van der Waals surface area contributed by atoms with Crippen LogP contribution in [0.15, 0.2) is 36.1 Å². The van der Waals surface area contributed by atoms with Crippen LogP contribution >= 0.6 is 0 Å². The second kappa shape index (κ2) is 7.58. The zero-order chi connectivity index (χ0) is 10.1. The molecule has 0 aliphatic rings. The van der Waals surface area contributed by atoms with Gasteiger partial charge in [-0.25, -0.2) is 0 Å². The molecule has 0 aromatic carbocycles. The normalized spacial score (nSPS) is 15.8. The Labute approximate surface area is 79.4 Å². The van der Waals surface area contributed by atoms with Crippen molar-refractivity contribution in [3.63, 3.8) is 0 Å². The minimum Gasteiger partial charge on any atom is -0.511 e. The molecule has 0 radical (unpaired) electrons. The van der Waals surface area contributed by atoms with Gasteiger partial charge in [-0.2, -0.15) is 0 Å². The molecule has 13 heavy (non-hydrogen) atoms. The highest BCUT2D eigenvalue weighted by molar-refractivity contribution is 5.06. The predicted octanol–water partition coefficient (Wildman–Crippen LogP) is 1.24. The van der Waals surface area contributed by atoms with Gasteiger partial charge < -0.3 is 16.6 Å². The van der Waals surface area contributed by atoms with E-state index < -0.39 is 0 Å². The lowest BCUT2D eigenvalue weighted by molar-refractivity contribution is 0.398. The first kappa shape index (κ1) is 11.9. The van der Waals surface area contributed by atoms with Crippen molar-refractivity contribution >= 4 is 0 Å². The van der Waals surface area contributed by atoms with E-state index in [1.807, 2.05) is 31.2 Å². The van der Waals surface area contributed by atoms with Gasteiger partial charge >= 0.3 is 0 Å². The summed E-state index contributed by atoms with van der Waals surface area (Å²) >= 11 is 0. The van der Waals surface area contributed by atoms with Crippen molar-refractivity contribution in [3.05, 3.63) is 36.1 Å². The van der Waals surface area contributed by atoms with E-state index in [0.717, 1.165) is 0 Å². The largest absolute Gasteiger partial charge is 0.511 e. The third-order valence-electron chi connectivity index (χ3n) is 1.46. The Kier molecular flexibility index (Phi) is 6.96. The quantitative estimate of drug-likeness (QED) is 0.442. The second-order valence-corrected chi connectivity index (χ2v) is 2.72. The van der Waals surface area contributed by atoms with Gasteiger partial charge in [-0.1, -0.05) is 24.3 Å². The van der Waals surface area contributed by atoms with Crippen molar-refractivity contribution < 1.29 is 5.11 Å². The first-order valence-corrected chi connectivity index (χ1v) is 4.33. The van der Waals surface area contributed by atoms with Gasteiger partial charge in [-0.15, -0.1) is 0 Å². The molecule has 0 amide bonds. The Morgan fingerprint density at radius 1 is 1.46 bits per heavy atom. The summed E-state index contributed by atoms with van der Waals surface area (Å²) in [5.41, 5.74) is 10.9. The van der Waals surface area contributed by atoms with Crippen LogP contribution in [0.3, 0.4) is 0 Å². The monoisotopic (exact) mass is 182 g/mol. The van der Waals surface area contributed by atoms with E-state index in [1.165, 1.54) is 0 Å². The first-order chi connectivity index (χ1) is 6.20. The van der Waals surface area contributed by atoms with Crippen LogP contribution in [0.2, 0.25) is 0 Å². The van der Waals surface area contributed by atoms with Crippen molar-refractivity contribution in [2.45, 2.75) is 19.4 Å². The Morgan fingerprint density at radius 3 is 2.69 bits per heavy atom. The van der Waals surface area contributed by atoms with Crippen LogP contribution in [0.4, 0.5) is 0 Å². The summed E-state index contributed by atoms with van der Waals surface area (Å²) in [6, 6.07) is -0.162. The lowest BCUT2D eigenvalue weighted by Crippen LogP contribution is -2.18. The SMILES string of the molecule is C/C=C\C=C/CC(N)/C=C(\O)CN. The van der Waals surface area contributed by atoms with E-state index in [9.17, 15) is 0 Å². The molecule has 0 saturated heterocycles. The lowest BCUT2D eigenvalue weighted by Gasteiger charge is -2.02. The number of hydrogen-bond acceptors (Lipinski definition) is 3. The highest BCUT2D eigenvalue weighted by Crippen LogP contribution is 1.95. The number of rotatable bonds is 5. The number of allylic oxidation sites excluding steroid dienone is 3. The standard InChI is InChI=1S/C10H18N2O/c1-2-3-4-5-6-9(12)7-10(13)8-11/h2-5,7,9,13H,6,8,11-12H2,1H3/b3-2-,5-4-,10-7-. The van der Waals surface area contributed by atoms with E-state index in [-0.39, 0.29) is 18.3 Å². The molecule has 0 spiro atoms. The zero-order valence-corrected chi connectivity index (χ0v) is 7.98. The fourth-order valence-corrected chi connectivity index (χ4v) is 0.809. The molecule has 5 N–H and O–H groups in total. The van der Waals surface area contributed by atoms with Gasteiger partial charge in [0.25, 0.3) is 0 Å². The molecule has 0 rings (SSSR count). The molecule has 1 unspecified atom stereocenters. The molecule has 3 nitrogen and oxygen atoms in total. The third-order valence-corrected chi connectivity index (χ3v) is 1.46. The van der Waals surface area contributed by atoms with Crippen LogP contribution in [0.5, 0.6) is 0 Å². The summed E-state index contributed by atoms with van der Waals surface area (Å²) in [5, 5.41) is 9.05. The highest BCUT2D eigenvalue weighted by atomic mass is 16.3. The Morgan fingerprint density at radius 2 is 2.15 bits per heavy atom. The Bertz CT molecular complexity index is 207. The smallest absolute Gasteiger partial charge is 0.103 e. The van der Waals surface area contributed by atoms with Gasteiger partial charge in [-0.05, 0) is 19.4 Å². The van der Waals surface area contributed by atoms with Crippen molar-refractivity contribution in [3.8, 4) is 0 Å². The minimum atomic E-state index is -0.162. The third kappa shape index (κ3) is 7.31. The lowest BCUT2D eigenvalue weighted by atomic mass is 10.2. The topological polar surface area (TPSA) is 72.3 Å². The minimum absolute atomic E-state index is 0.145. The fourth-order valence-electron chi connectivity index (χ4n) is 0.809. The molecule has 74 valence electrons. The maximum Gasteiger partial charge on any atom is 0.103 e. The van der Waals surface area contributed by atoms with Crippen LogP contribution in [0.25, 0.3) is 0 Å². The van der Waals surface area contributed by atoms with Crippen molar-refractivity contribution in [1.82, 2.24) is 0 Å². The molecule has 0 bridgehead atoms. The molecule has 0 aromatic heterocycles. The summed E-state index contributed by atoms with van der Waals surface area (Å²) in [6.07, 6.45) is 10.0. The Hall–Kier alpha value is -1.06. The van der Waals surface area contributed by atoms with Crippen molar-refractivity contribution in [2.24, 2.45) is 11.5 Å². The number of aliphatic hydroxyl groups excluding tert-OH is 1. The van der Waals surface area contributed by atoms with E-state index >= 15 is 0 Å². The summed E-state index contributed by atoms with van der Waals surface area (Å²) in [7, 11) is 0. The average Bonchev–Trinajstić information content (AvgIpc) is 2.12. The molecule has 3 heteroatoms. The molecule has 0 aliphatic heterocycles. The maximum absolute atomic E-state index is 9.05. The maximum atomic E-state index is 9.05. The van der Waals surface area contributed by atoms with Gasteiger partial charge in [0.05, 0.1) is 6.54 Å². The van der Waals surface area contributed by atoms with Crippen LogP contribution in [0, 0.1) is 0 Å².